The monoisotopic (exact) mass is 308 g/mol. The molecule has 2 heterocycles. The van der Waals surface area contributed by atoms with Gasteiger partial charge < -0.3 is 15.0 Å². The van der Waals surface area contributed by atoms with Crippen LogP contribution in [-0.4, -0.2) is 44.2 Å². The molecule has 2 saturated heterocycles. The highest BCUT2D eigenvalue weighted by molar-refractivity contribution is 6.32. The Morgan fingerprint density at radius 1 is 1.38 bits per heavy atom. The van der Waals surface area contributed by atoms with Crippen molar-refractivity contribution in [2.24, 2.45) is 5.92 Å². The van der Waals surface area contributed by atoms with Crippen LogP contribution >= 0.6 is 11.6 Å². The Bertz CT molecular complexity index is 474. The number of benzene rings is 1. The van der Waals surface area contributed by atoms with E-state index >= 15 is 0 Å². The van der Waals surface area contributed by atoms with Crippen molar-refractivity contribution < 1.29 is 4.74 Å². The number of likely N-dealkylation sites (tertiary alicyclic amines) is 1. The summed E-state index contributed by atoms with van der Waals surface area (Å²) in [5.41, 5.74) is 1.32. The maximum absolute atomic E-state index is 6.41. The quantitative estimate of drug-likeness (QED) is 0.925. The van der Waals surface area contributed by atoms with Gasteiger partial charge in [0.2, 0.25) is 0 Å². The number of ether oxygens (including phenoxy) is 1. The fourth-order valence-corrected chi connectivity index (χ4v) is 3.62. The second kappa shape index (κ2) is 6.99. The number of halogens is 1. The maximum Gasteiger partial charge on any atom is 0.138 e. The lowest BCUT2D eigenvalue weighted by molar-refractivity contribution is 0.208. The first-order chi connectivity index (χ1) is 10.2. The summed E-state index contributed by atoms with van der Waals surface area (Å²) in [5, 5.41) is 4.23. The van der Waals surface area contributed by atoms with Crippen LogP contribution in [0.4, 0.5) is 0 Å². The van der Waals surface area contributed by atoms with Crippen molar-refractivity contribution in [2.45, 2.75) is 31.8 Å². The molecule has 0 amide bonds. The van der Waals surface area contributed by atoms with Gasteiger partial charge in [0.25, 0.3) is 0 Å². The molecule has 4 heteroatoms. The molecule has 1 aromatic carbocycles. The van der Waals surface area contributed by atoms with Crippen LogP contribution in [0.2, 0.25) is 5.02 Å². The lowest BCUT2D eigenvalue weighted by Gasteiger charge is -2.23. The average molecular weight is 309 g/mol. The smallest absolute Gasteiger partial charge is 0.138 e. The van der Waals surface area contributed by atoms with Crippen LogP contribution in [0.15, 0.2) is 18.2 Å². The van der Waals surface area contributed by atoms with Gasteiger partial charge in [-0.2, -0.15) is 0 Å². The van der Waals surface area contributed by atoms with Gasteiger partial charge in [-0.15, -0.1) is 0 Å². The van der Waals surface area contributed by atoms with E-state index in [1.165, 1.54) is 24.9 Å². The fourth-order valence-electron chi connectivity index (χ4n) is 3.37. The van der Waals surface area contributed by atoms with E-state index in [2.05, 4.69) is 29.4 Å². The summed E-state index contributed by atoms with van der Waals surface area (Å²) in [4.78, 5) is 2.29. The van der Waals surface area contributed by atoms with Gasteiger partial charge in [-0.05, 0) is 69.4 Å². The largest absolute Gasteiger partial charge is 0.487 e. The third kappa shape index (κ3) is 4.12. The molecule has 0 aromatic heterocycles. The molecule has 0 saturated carbocycles. The van der Waals surface area contributed by atoms with Crippen LogP contribution in [0.1, 0.15) is 24.8 Å². The first-order valence-electron chi connectivity index (χ1n) is 8.05. The molecule has 0 bridgehead atoms. The van der Waals surface area contributed by atoms with Gasteiger partial charge >= 0.3 is 0 Å². The first kappa shape index (κ1) is 15.1. The molecule has 1 N–H and O–H groups in total. The van der Waals surface area contributed by atoms with Gasteiger partial charge in [-0.1, -0.05) is 17.7 Å². The van der Waals surface area contributed by atoms with Crippen molar-refractivity contribution in [3.63, 3.8) is 0 Å². The van der Waals surface area contributed by atoms with Crippen LogP contribution in [0.5, 0.6) is 5.75 Å². The van der Waals surface area contributed by atoms with E-state index < -0.39 is 0 Å². The topological polar surface area (TPSA) is 24.5 Å². The summed E-state index contributed by atoms with van der Waals surface area (Å²) in [6.07, 6.45) is 5.08. The first-order valence-corrected chi connectivity index (χ1v) is 8.43. The van der Waals surface area contributed by atoms with E-state index in [0.29, 0.717) is 0 Å². The van der Waals surface area contributed by atoms with Crippen molar-refractivity contribution in [1.29, 1.82) is 0 Å². The Hall–Kier alpha value is -0.770. The number of nitrogens with zero attached hydrogens (tertiary/aromatic N) is 1. The van der Waals surface area contributed by atoms with E-state index in [4.69, 9.17) is 16.3 Å². The van der Waals surface area contributed by atoms with Crippen LogP contribution in [-0.2, 0) is 6.42 Å². The van der Waals surface area contributed by atoms with Crippen LogP contribution < -0.4 is 10.1 Å². The van der Waals surface area contributed by atoms with E-state index in [0.717, 1.165) is 49.2 Å². The molecule has 3 nitrogen and oxygen atoms in total. The number of hydrogen-bond donors (Lipinski definition) is 1. The van der Waals surface area contributed by atoms with Crippen LogP contribution in [0.25, 0.3) is 0 Å². The molecule has 0 aliphatic carbocycles. The number of piperidine rings is 1. The highest BCUT2D eigenvalue weighted by Gasteiger charge is 2.22. The minimum absolute atomic E-state index is 0.279. The summed E-state index contributed by atoms with van der Waals surface area (Å²) >= 11 is 6.41. The summed E-state index contributed by atoms with van der Waals surface area (Å²) in [6, 6.07) is 6.31. The van der Waals surface area contributed by atoms with E-state index in [1.54, 1.807) is 0 Å². The molecule has 21 heavy (non-hydrogen) atoms. The normalized spacial score (nSPS) is 27.0. The third-order valence-electron chi connectivity index (χ3n) is 4.56. The predicted octanol–water partition coefficient (Wildman–Crippen LogP) is 2.97. The van der Waals surface area contributed by atoms with Gasteiger partial charge in [-0.3, -0.25) is 0 Å². The molecular weight excluding hydrogens is 284 g/mol. The van der Waals surface area contributed by atoms with E-state index in [-0.39, 0.29) is 6.10 Å². The molecule has 2 fully saturated rings. The minimum atomic E-state index is 0.279. The third-order valence-corrected chi connectivity index (χ3v) is 4.86. The molecule has 3 rings (SSSR count). The summed E-state index contributed by atoms with van der Waals surface area (Å²) < 4.78 is 6.04. The Kier molecular flexibility index (Phi) is 5.04. The maximum atomic E-state index is 6.41. The zero-order valence-electron chi connectivity index (χ0n) is 12.8. The second-order valence-electron chi connectivity index (χ2n) is 6.47. The molecule has 2 unspecified atom stereocenters. The number of rotatable bonds is 4. The molecule has 1 aromatic rings. The molecule has 116 valence electrons. The minimum Gasteiger partial charge on any atom is -0.487 e. The van der Waals surface area contributed by atoms with E-state index in [9.17, 15) is 0 Å². The van der Waals surface area contributed by atoms with Gasteiger partial charge in [0.05, 0.1) is 5.02 Å². The van der Waals surface area contributed by atoms with Crippen LogP contribution in [0.3, 0.4) is 0 Å². The summed E-state index contributed by atoms with van der Waals surface area (Å²) in [5.74, 6) is 1.58. The Morgan fingerprint density at radius 2 is 2.29 bits per heavy atom. The lowest BCUT2D eigenvalue weighted by Crippen LogP contribution is -2.30. The molecule has 2 aliphatic rings. The predicted molar refractivity (Wildman–Crippen MR) is 87.3 cm³/mol. The standard InChI is InChI=1S/C17H25ClN2O/c1-20-8-6-15(12-20)21-17-5-4-13(10-16(17)18)9-14-3-2-7-19-11-14/h4-5,10,14-15,19H,2-3,6-9,11-12H2,1H3. The fraction of sp³-hybridized carbons (Fsp3) is 0.647. The number of likely N-dealkylation sites (N-methyl/N-ethyl adjacent to an activating group) is 1. The van der Waals surface area contributed by atoms with Crippen molar-refractivity contribution >= 4 is 11.6 Å². The zero-order chi connectivity index (χ0) is 14.7. The average Bonchev–Trinajstić information content (AvgIpc) is 2.88. The van der Waals surface area contributed by atoms with Crippen molar-refractivity contribution in [2.75, 3.05) is 33.2 Å². The van der Waals surface area contributed by atoms with Crippen molar-refractivity contribution in [3.05, 3.63) is 28.8 Å². The lowest BCUT2D eigenvalue weighted by atomic mass is 9.92. The summed E-state index contributed by atoms with van der Waals surface area (Å²) in [6.45, 7) is 4.39. The number of hydrogen-bond acceptors (Lipinski definition) is 3. The van der Waals surface area contributed by atoms with E-state index in [1.807, 2.05) is 6.07 Å². The van der Waals surface area contributed by atoms with Crippen molar-refractivity contribution in [3.8, 4) is 5.75 Å². The highest BCUT2D eigenvalue weighted by atomic mass is 35.5. The molecule has 2 aliphatic heterocycles. The van der Waals surface area contributed by atoms with Gasteiger partial charge in [0.1, 0.15) is 11.9 Å². The SMILES string of the molecule is CN1CCC(Oc2ccc(CC3CCCNC3)cc2Cl)C1. The zero-order valence-corrected chi connectivity index (χ0v) is 13.5. The second-order valence-corrected chi connectivity index (χ2v) is 6.88. The van der Waals surface area contributed by atoms with Gasteiger partial charge in [0, 0.05) is 13.1 Å². The van der Waals surface area contributed by atoms with Gasteiger partial charge in [-0.25, -0.2) is 0 Å². The van der Waals surface area contributed by atoms with Crippen LogP contribution in [0, 0.1) is 5.92 Å². The molecule has 0 spiro atoms. The number of nitrogens with one attached hydrogen (secondary N) is 1. The Labute approximate surface area is 132 Å². The molecular formula is C17H25ClN2O. The molecule has 0 radical (unpaired) electrons. The Balaban J connectivity index is 1.59. The Morgan fingerprint density at radius 3 is 2.95 bits per heavy atom. The highest BCUT2D eigenvalue weighted by Crippen LogP contribution is 2.29. The van der Waals surface area contributed by atoms with Gasteiger partial charge in [0.15, 0.2) is 0 Å². The molecule has 2 atom stereocenters. The van der Waals surface area contributed by atoms with Crippen molar-refractivity contribution in [1.82, 2.24) is 10.2 Å². The summed E-state index contributed by atoms with van der Waals surface area (Å²) in [7, 11) is 2.13.